The Kier molecular flexibility index (Phi) is 12.6. The Labute approximate surface area is 181 Å². The van der Waals surface area contributed by atoms with Crippen molar-refractivity contribution in [2.24, 2.45) is 0 Å². The SMILES string of the molecule is CC.CC.CCC(COC(=O)Nc1ccccc1)NCc1ccc2ccccc2c1. The van der Waals surface area contributed by atoms with Crippen LogP contribution in [0.3, 0.4) is 0 Å². The zero-order valence-electron chi connectivity index (χ0n) is 18.9. The minimum absolute atomic E-state index is 0.114. The van der Waals surface area contributed by atoms with Crippen LogP contribution < -0.4 is 10.6 Å². The van der Waals surface area contributed by atoms with Crippen LogP contribution in [0.2, 0.25) is 0 Å². The van der Waals surface area contributed by atoms with E-state index in [1.807, 2.05) is 70.2 Å². The van der Waals surface area contributed by atoms with E-state index in [1.54, 1.807) is 0 Å². The number of benzene rings is 3. The zero-order valence-corrected chi connectivity index (χ0v) is 18.9. The molecule has 162 valence electrons. The summed E-state index contributed by atoms with van der Waals surface area (Å²) in [6.45, 7) is 11.2. The van der Waals surface area contributed by atoms with Gasteiger partial charge in [0, 0.05) is 18.3 Å². The molecule has 0 heterocycles. The van der Waals surface area contributed by atoms with Gasteiger partial charge in [-0.25, -0.2) is 4.79 Å². The summed E-state index contributed by atoms with van der Waals surface area (Å²) in [5.41, 5.74) is 1.95. The monoisotopic (exact) mass is 408 g/mol. The van der Waals surface area contributed by atoms with Crippen LogP contribution in [0.25, 0.3) is 10.8 Å². The molecule has 0 aliphatic carbocycles. The quantitative estimate of drug-likeness (QED) is 0.442. The van der Waals surface area contributed by atoms with Crippen LogP contribution in [0.1, 0.15) is 46.6 Å². The van der Waals surface area contributed by atoms with E-state index in [0.29, 0.717) is 6.61 Å². The van der Waals surface area contributed by atoms with E-state index >= 15 is 0 Å². The molecule has 4 heteroatoms. The van der Waals surface area contributed by atoms with E-state index in [1.165, 1.54) is 16.3 Å². The molecule has 0 aromatic heterocycles. The van der Waals surface area contributed by atoms with Crippen LogP contribution in [0, 0.1) is 0 Å². The molecule has 3 aromatic rings. The van der Waals surface area contributed by atoms with Crippen molar-refractivity contribution in [2.75, 3.05) is 11.9 Å². The highest BCUT2D eigenvalue weighted by atomic mass is 16.5. The highest BCUT2D eigenvalue weighted by Crippen LogP contribution is 2.15. The lowest BCUT2D eigenvalue weighted by molar-refractivity contribution is 0.146. The van der Waals surface area contributed by atoms with E-state index in [9.17, 15) is 4.79 Å². The number of anilines is 1. The van der Waals surface area contributed by atoms with Crippen LogP contribution in [-0.2, 0) is 11.3 Å². The molecule has 1 amide bonds. The molecule has 0 saturated carbocycles. The van der Waals surface area contributed by atoms with Crippen molar-refractivity contribution in [3.63, 3.8) is 0 Å². The Balaban J connectivity index is 0.00000106. The number of hydrogen-bond donors (Lipinski definition) is 2. The van der Waals surface area contributed by atoms with Crippen LogP contribution >= 0.6 is 0 Å². The summed E-state index contributed by atoms with van der Waals surface area (Å²) >= 11 is 0. The molecule has 3 aromatic carbocycles. The smallest absolute Gasteiger partial charge is 0.411 e. The molecule has 0 saturated heterocycles. The van der Waals surface area contributed by atoms with Gasteiger partial charge in [0.15, 0.2) is 0 Å². The minimum Gasteiger partial charge on any atom is -0.448 e. The van der Waals surface area contributed by atoms with Crippen molar-refractivity contribution in [2.45, 2.75) is 53.6 Å². The third-order valence-electron chi connectivity index (χ3n) is 4.34. The van der Waals surface area contributed by atoms with E-state index in [0.717, 1.165) is 18.7 Å². The maximum Gasteiger partial charge on any atom is 0.411 e. The van der Waals surface area contributed by atoms with E-state index in [-0.39, 0.29) is 6.04 Å². The first-order valence-electron chi connectivity index (χ1n) is 10.9. The third-order valence-corrected chi connectivity index (χ3v) is 4.34. The molecule has 2 N–H and O–H groups in total. The first-order valence-corrected chi connectivity index (χ1v) is 10.9. The summed E-state index contributed by atoms with van der Waals surface area (Å²) in [6, 6.07) is 24.2. The van der Waals surface area contributed by atoms with E-state index in [4.69, 9.17) is 4.74 Å². The normalized spacial score (nSPS) is 10.7. The second-order valence-electron chi connectivity index (χ2n) is 6.26. The summed E-state index contributed by atoms with van der Waals surface area (Å²) in [5, 5.41) is 8.67. The maximum absolute atomic E-state index is 11.9. The first kappa shape index (κ1) is 25.2. The lowest BCUT2D eigenvalue weighted by Crippen LogP contribution is -2.34. The highest BCUT2D eigenvalue weighted by molar-refractivity contribution is 5.84. The van der Waals surface area contributed by atoms with Crippen LogP contribution in [0.4, 0.5) is 10.5 Å². The molecule has 3 rings (SSSR count). The number of nitrogens with one attached hydrogen (secondary N) is 2. The Hall–Kier alpha value is -2.85. The molecule has 4 nitrogen and oxygen atoms in total. The second kappa shape index (κ2) is 15.1. The van der Waals surface area contributed by atoms with Crippen molar-refractivity contribution in [3.05, 3.63) is 78.4 Å². The predicted molar refractivity (Wildman–Crippen MR) is 129 cm³/mol. The molecule has 0 aliphatic heterocycles. The van der Waals surface area contributed by atoms with Gasteiger partial charge < -0.3 is 10.1 Å². The second-order valence-corrected chi connectivity index (χ2v) is 6.26. The summed E-state index contributed by atoms with van der Waals surface area (Å²) in [7, 11) is 0. The van der Waals surface area contributed by atoms with Crippen molar-refractivity contribution < 1.29 is 9.53 Å². The number of carbonyl (C=O) groups is 1. The molecule has 0 fully saturated rings. The van der Waals surface area contributed by atoms with Gasteiger partial charge >= 0.3 is 6.09 Å². The van der Waals surface area contributed by atoms with Crippen LogP contribution in [-0.4, -0.2) is 18.7 Å². The Morgan fingerprint density at radius 2 is 1.50 bits per heavy atom. The fourth-order valence-electron chi connectivity index (χ4n) is 2.78. The van der Waals surface area contributed by atoms with Gasteiger partial charge in [0.2, 0.25) is 0 Å². The summed E-state index contributed by atoms with van der Waals surface area (Å²) in [5.74, 6) is 0. The number of hydrogen-bond acceptors (Lipinski definition) is 3. The van der Waals surface area contributed by atoms with Crippen LogP contribution in [0.5, 0.6) is 0 Å². The molecule has 1 unspecified atom stereocenters. The van der Waals surface area contributed by atoms with Crippen molar-refractivity contribution in [3.8, 4) is 0 Å². The number of carbonyl (C=O) groups excluding carboxylic acids is 1. The third kappa shape index (κ3) is 8.66. The van der Waals surface area contributed by atoms with Crippen LogP contribution in [0.15, 0.2) is 72.8 Å². The lowest BCUT2D eigenvalue weighted by Gasteiger charge is -2.17. The van der Waals surface area contributed by atoms with E-state index in [2.05, 4.69) is 47.9 Å². The van der Waals surface area contributed by atoms with Gasteiger partial charge in [0.1, 0.15) is 6.61 Å². The average molecular weight is 409 g/mol. The zero-order chi connectivity index (χ0) is 22.2. The Bertz CT molecular complexity index is 850. The van der Waals surface area contributed by atoms with Crippen molar-refractivity contribution >= 4 is 22.6 Å². The highest BCUT2D eigenvalue weighted by Gasteiger charge is 2.10. The van der Waals surface area contributed by atoms with Gasteiger partial charge in [-0.3, -0.25) is 5.32 Å². The molecular weight excluding hydrogens is 372 g/mol. The summed E-state index contributed by atoms with van der Waals surface area (Å²) in [6.07, 6.45) is 0.453. The maximum atomic E-state index is 11.9. The topological polar surface area (TPSA) is 50.4 Å². The van der Waals surface area contributed by atoms with Crippen molar-refractivity contribution in [1.82, 2.24) is 5.32 Å². The van der Waals surface area contributed by atoms with E-state index < -0.39 is 6.09 Å². The fourth-order valence-corrected chi connectivity index (χ4v) is 2.78. The summed E-state index contributed by atoms with van der Waals surface area (Å²) < 4.78 is 5.35. The molecular formula is C26H36N2O2. The van der Waals surface area contributed by atoms with Gasteiger partial charge in [-0.2, -0.15) is 0 Å². The first-order chi connectivity index (χ1) is 14.7. The Morgan fingerprint density at radius 3 is 2.17 bits per heavy atom. The van der Waals surface area contributed by atoms with Crippen molar-refractivity contribution in [1.29, 1.82) is 0 Å². The van der Waals surface area contributed by atoms with Gasteiger partial charge in [-0.15, -0.1) is 0 Å². The molecule has 0 aliphatic rings. The molecule has 0 bridgehead atoms. The Morgan fingerprint density at radius 1 is 0.867 bits per heavy atom. The molecule has 1 atom stereocenters. The predicted octanol–water partition coefficient (Wildman–Crippen LogP) is 7.01. The number of fused-ring (bicyclic) bond motifs is 1. The standard InChI is InChI=1S/C22H24N2O2.2C2H6/c1-2-20(16-26-22(25)24-21-10-4-3-5-11-21)23-15-17-12-13-18-8-6-7-9-19(18)14-17;2*1-2/h3-14,20,23H,2,15-16H2,1H3,(H,24,25);2*1-2H3. The number of ether oxygens (including phenoxy) is 1. The largest absolute Gasteiger partial charge is 0.448 e. The molecule has 0 radical (unpaired) electrons. The lowest BCUT2D eigenvalue weighted by atomic mass is 10.1. The van der Waals surface area contributed by atoms with Gasteiger partial charge in [0.25, 0.3) is 0 Å². The number of amides is 1. The fraction of sp³-hybridized carbons (Fsp3) is 0.346. The van der Waals surface area contributed by atoms with Gasteiger partial charge in [-0.1, -0.05) is 89.2 Å². The number of para-hydroxylation sites is 1. The minimum atomic E-state index is -0.429. The molecule has 0 spiro atoms. The average Bonchev–Trinajstić information content (AvgIpc) is 2.82. The van der Waals surface area contributed by atoms with Gasteiger partial charge in [0.05, 0.1) is 0 Å². The molecule has 30 heavy (non-hydrogen) atoms. The number of rotatable bonds is 7. The summed E-state index contributed by atoms with van der Waals surface area (Å²) in [4.78, 5) is 11.9. The van der Waals surface area contributed by atoms with Gasteiger partial charge in [-0.05, 0) is 41.0 Å².